The van der Waals surface area contributed by atoms with Crippen molar-refractivity contribution >= 4 is 37.5 Å². The first kappa shape index (κ1) is 19.8. The third kappa shape index (κ3) is 4.31. The van der Waals surface area contributed by atoms with Crippen LogP contribution in [0.15, 0.2) is 63.5 Å². The molecule has 7 heteroatoms. The number of benzene rings is 2. The van der Waals surface area contributed by atoms with Crippen molar-refractivity contribution in [2.24, 2.45) is 0 Å². The van der Waals surface area contributed by atoms with Crippen LogP contribution in [0.5, 0.6) is 0 Å². The Labute approximate surface area is 168 Å². The second-order valence-electron chi connectivity index (χ2n) is 6.52. The van der Waals surface area contributed by atoms with E-state index >= 15 is 0 Å². The molecular weight excluding hydrogens is 428 g/mol. The maximum atomic E-state index is 12.7. The predicted octanol–water partition coefficient (Wildman–Crippen LogP) is 4.03. The van der Waals surface area contributed by atoms with Crippen molar-refractivity contribution in [3.63, 3.8) is 0 Å². The molecule has 142 valence electrons. The second kappa shape index (κ2) is 7.96. The summed E-state index contributed by atoms with van der Waals surface area (Å²) in [5.41, 5.74) is 3.42. The van der Waals surface area contributed by atoms with Crippen LogP contribution in [0.25, 0.3) is 0 Å². The zero-order chi connectivity index (χ0) is 19.6. The summed E-state index contributed by atoms with van der Waals surface area (Å²) in [5, 5.41) is 2.96. The Morgan fingerprint density at radius 1 is 1.07 bits per heavy atom. The van der Waals surface area contributed by atoms with Gasteiger partial charge >= 0.3 is 0 Å². The molecular formula is C20H21BrN2O3S. The fourth-order valence-electron chi connectivity index (χ4n) is 3.04. The van der Waals surface area contributed by atoms with Gasteiger partial charge in [-0.1, -0.05) is 40.2 Å². The number of rotatable bonds is 4. The molecule has 1 heterocycles. The van der Waals surface area contributed by atoms with Gasteiger partial charge in [0.15, 0.2) is 0 Å². The lowest BCUT2D eigenvalue weighted by atomic mass is 10.1. The number of anilines is 1. The molecule has 0 spiro atoms. The number of sulfonamides is 1. The summed E-state index contributed by atoms with van der Waals surface area (Å²) in [7, 11) is -3.56. The number of nitrogens with zero attached hydrogens (tertiary/aromatic N) is 1. The Kier molecular flexibility index (Phi) is 5.83. The molecule has 5 nitrogen and oxygen atoms in total. The van der Waals surface area contributed by atoms with E-state index < -0.39 is 10.0 Å². The van der Waals surface area contributed by atoms with E-state index in [2.05, 4.69) is 21.2 Å². The molecule has 1 amide bonds. The Hall–Kier alpha value is -1.96. The number of amides is 1. The molecule has 0 saturated carbocycles. The Morgan fingerprint density at radius 2 is 1.70 bits per heavy atom. The minimum Gasteiger partial charge on any atom is -0.322 e. The summed E-state index contributed by atoms with van der Waals surface area (Å²) in [6.45, 7) is 4.37. The highest BCUT2D eigenvalue weighted by Crippen LogP contribution is 2.24. The molecule has 0 aliphatic carbocycles. The van der Waals surface area contributed by atoms with Crippen LogP contribution in [0.1, 0.15) is 17.5 Å². The van der Waals surface area contributed by atoms with Crippen molar-refractivity contribution in [3.8, 4) is 0 Å². The molecule has 27 heavy (non-hydrogen) atoms. The Balaban J connectivity index is 1.72. The maximum Gasteiger partial charge on any atom is 0.251 e. The van der Waals surface area contributed by atoms with E-state index in [1.807, 2.05) is 32.0 Å². The molecule has 2 aromatic rings. The van der Waals surface area contributed by atoms with Crippen LogP contribution in [0.2, 0.25) is 0 Å². The van der Waals surface area contributed by atoms with Crippen molar-refractivity contribution in [2.75, 3.05) is 18.4 Å². The second-order valence-corrected chi connectivity index (χ2v) is 9.37. The smallest absolute Gasteiger partial charge is 0.251 e. The van der Waals surface area contributed by atoms with E-state index in [1.165, 1.54) is 4.31 Å². The monoisotopic (exact) mass is 448 g/mol. The normalized spacial score (nSPS) is 15.3. The van der Waals surface area contributed by atoms with Crippen LogP contribution in [0, 0.1) is 13.8 Å². The van der Waals surface area contributed by atoms with Crippen LogP contribution >= 0.6 is 15.9 Å². The van der Waals surface area contributed by atoms with Crippen molar-refractivity contribution in [1.29, 1.82) is 0 Å². The number of aryl methyl sites for hydroxylation is 2. The molecule has 0 bridgehead atoms. The molecule has 1 N–H and O–H groups in total. The average Bonchev–Trinajstić information content (AvgIpc) is 2.65. The minimum absolute atomic E-state index is 0.173. The van der Waals surface area contributed by atoms with Crippen molar-refractivity contribution in [3.05, 3.63) is 69.7 Å². The highest BCUT2D eigenvalue weighted by atomic mass is 79.9. The van der Waals surface area contributed by atoms with E-state index in [4.69, 9.17) is 0 Å². The molecule has 0 aromatic heterocycles. The summed E-state index contributed by atoms with van der Waals surface area (Å²) in [5.74, 6) is -0.173. The van der Waals surface area contributed by atoms with Crippen molar-refractivity contribution < 1.29 is 13.2 Å². The maximum absolute atomic E-state index is 12.7. The zero-order valence-corrected chi connectivity index (χ0v) is 17.6. The zero-order valence-electron chi connectivity index (χ0n) is 15.2. The van der Waals surface area contributed by atoms with E-state index in [0.29, 0.717) is 12.0 Å². The summed E-state index contributed by atoms with van der Waals surface area (Å²) in [6, 6.07) is 12.4. The summed E-state index contributed by atoms with van der Waals surface area (Å²) in [6.07, 6.45) is 2.08. The molecule has 1 aliphatic rings. The minimum atomic E-state index is -3.56. The van der Waals surface area contributed by atoms with Crippen LogP contribution in [-0.2, 0) is 14.8 Å². The summed E-state index contributed by atoms with van der Waals surface area (Å²) >= 11 is 3.31. The van der Waals surface area contributed by atoms with E-state index in [0.717, 1.165) is 21.3 Å². The molecule has 0 saturated heterocycles. The lowest BCUT2D eigenvalue weighted by Gasteiger charge is -2.25. The van der Waals surface area contributed by atoms with Crippen LogP contribution in [0.3, 0.4) is 0 Å². The average molecular weight is 449 g/mol. The lowest BCUT2D eigenvalue weighted by molar-refractivity contribution is -0.113. The molecule has 1 aliphatic heterocycles. The SMILES string of the molecule is Cc1cccc(C)c1NC(=O)C1=CCN(S(=O)(=O)c2ccc(Br)cc2)CC1. The highest BCUT2D eigenvalue weighted by Gasteiger charge is 2.27. The fraction of sp³-hybridized carbons (Fsp3) is 0.250. The number of hydrogen-bond acceptors (Lipinski definition) is 3. The van der Waals surface area contributed by atoms with Gasteiger partial charge < -0.3 is 5.32 Å². The van der Waals surface area contributed by atoms with Gasteiger partial charge in [-0.25, -0.2) is 8.42 Å². The third-order valence-electron chi connectivity index (χ3n) is 4.63. The van der Waals surface area contributed by atoms with E-state index in [1.54, 1.807) is 30.3 Å². The van der Waals surface area contributed by atoms with Gasteiger partial charge in [0.05, 0.1) is 4.90 Å². The number of nitrogens with one attached hydrogen (secondary N) is 1. The molecule has 3 rings (SSSR count). The van der Waals surface area contributed by atoms with E-state index in [-0.39, 0.29) is 23.9 Å². The number of para-hydroxylation sites is 1. The number of halogens is 1. The first-order valence-electron chi connectivity index (χ1n) is 8.61. The Bertz CT molecular complexity index is 978. The fourth-order valence-corrected chi connectivity index (χ4v) is 4.68. The van der Waals surface area contributed by atoms with Gasteiger partial charge in [0, 0.05) is 28.8 Å². The number of hydrogen-bond donors (Lipinski definition) is 1. The van der Waals surface area contributed by atoms with Gasteiger partial charge in [0.1, 0.15) is 0 Å². The van der Waals surface area contributed by atoms with Gasteiger partial charge in [-0.05, 0) is 55.7 Å². The Morgan fingerprint density at radius 3 is 2.26 bits per heavy atom. The van der Waals surface area contributed by atoms with Gasteiger partial charge in [-0.2, -0.15) is 4.31 Å². The van der Waals surface area contributed by atoms with Crippen molar-refractivity contribution in [2.45, 2.75) is 25.2 Å². The van der Waals surface area contributed by atoms with Gasteiger partial charge in [-0.15, -0.1) is 0 Å². The standard InChI is InChI=1S/C20H21BrN2O3S/c1-14-4-3-5-15(2)19(14)22-20(24)16-10-12-23(13-11-16)27(25,26)18-8-6-17(21)7-9-18/h3-10H,11-13H2,1-2H3,(H,22,24). The predicted molar refractivity (Wildman–Crippen MR) is 110 cm³/mol. The lowest BCUT2D eigenvalue weighted by Crippen LogP contribution is -2.36. The highest BCUT2D eigenvalue weighted by molar-refractivity contribution is 9.10. The molecule has 0 fully saturated rings. The molecule has 0 radical (unpaired) electrons. The summed E-state index contributed by atoms with van der Waals surface area (Å²) in [4.78, 5) is 12.8. The van der Waals surface area contributed by atoms with Crippen LogP contribution < -0.4 is 5.32 Å². The van der Waals surface area contributed by atoms with Gasteiger partial charge in [0.25, 0.3) is 5.91 Å². The first-order valence-corrected chi connectivity index (χ1v) is 10.8. The summed E-state index contributed by atoms with van der Waals surface area (Å²) < 4.78 is 27.7. The van der Waals surface area contributed by atoms with Crippen LogP contribution in [0.4, 0.5) is 5.69 Å². The largest absolute Gasteiger partial charge is 0.322 e. The van der Waals surface area contributed by atoms with Gasteiger partial charge in [-0.3, -0.25) is 4.79 Å². The first-order chi connectivity index (χ1) is 12.8. The van der Waals surface area contributed by atoms with Crippen LogP contribution in [-0.4, -0.2) is 31.7 Å². The quantitative estimate of drug-likeness (QED) is 0.767. The molecule has 2 aromatic carbocycles. The van der Waals surface area contributed by atoms with E-state index in [9.17, 15) is 13.2 Å². The van der Waals surface area contributed by atoms with Gasteiger partial charge in [0.2, 0.25) is 10.0 Å². The number of carbonyl (C=O) groups is 1. The molecule has 0 atom stereocenters. The molecule has 0 unspecified atom stereocenters. The number of carbonyl (C=O) groups excluding carboxylic acids is 1. The van der Waals surface area contributed by atoms with Crippen molar-refractivity contribution in [1.82, 2.24) is 4.31 Å². The third-order valence-corrected chi connectivity index (χ3v) is 7.04. The topological polar surface area (TPSA) is 66.5 Å².